The number of halogens is 1. The second-order valence-electron chi connectivity index (χ2n) is 7.24. The Labute approximate surface area is 164 Å². The normalized spacial score (nSPS) is 17.6. The number of hydrogen-bond donors (Lipinski definition) is 0. The highest BCUT2D eigenvalue weighted by atomic mass is 32.2. The molecule has 8 heteroatoms. The van der Waals surface area contributed by atoms with Crippen LogP contribution in [0.4, 0.5) is 4.39 Å². The first-order chi connectivity index (χ1) is 13.5. The summed E-state index contributed by atoms with van der Waals surface area (Å²) in [5.41, 5.74) is 0.941. The van der Waals surface area contributed by atoms with Gasteiger partial charge in [0.15, 0.2) is 0 Å². The SMILES string of the molecule is O=C(c1ccc(F)c(S(=O)(=O)N2CCCC2)c1)N(Cc1ccccn1)C1CC1. The molecule has 2 aliphatic rings. The van der Waals surface area contributed by atoms with Crippen LogP contribution in [0.25, 0.3) is 0 Å². The molecule has 0 unspecified atom stereocenters. The van der Waals surface area contributed by atoms with E-state index in [0.29, 0.717) is 19.6 Å². The van der Waals surface area contributed by atoms with Crippen molar-refractivity contribution in [1.29, 1.82) is 0 Å². The van der Waals surface area contributed by atoms with Crippen molar-refractivity contribution in [3.8, 4) is 0 Å². The third-order valence-corrected chi connectivity index (χ3v) is 7.08. The Hall–Kier alpha value is -2.32. The number of nitrogens with zero attached hydrogens (tertiary/aromatic N) is 3. The fraction of sp³-hybridized carbons (Fsp3) is 0.400. The molecule has 148 valence electrons. The maximum atomic E-state index is 14.4. The van der Waals surface area contributed by atoms with E-state index in [-0.39, 0.29) is 17.5 Å². The van der Waals surface area contributed by atoms with Crippen LogP contribution in [0.5, 0.6) is 0 Å². The third kappa shape index (κ3) is 3.79. The zero-order chi connectivity index (χ0) is 19.7. The molecule has 28 heavy (non-hydrogen) atoms. The van der Waals surface area contributed by atoms with Gasteiger partial charge in [-0.3, -0.25) is 9.78 Å². The standard InChI is InChI=1S/C20H22FN3O3S/c21-18-9-6-15(13-19(18)28(26,27)23-11-3-4-12-23)20(25)24(17-7-8-17)14-16-5-1-2-10-22-16/h1-2,5-6,9-10,13,17H,3-4,7-8,11-12,14H2. The Kier molecular flexibility index (Phi) is 5.16. The van der Waals surface area contributed by atoms with E-state index in [0.717, 1.165) is 37.4 Å². The van der Waals surface area contributed by atoms with Crippen LogP contribution in [0.2, 0.25) is 0 Å². The minimum atomic E-state index is -3.94. The Morgan fingerprint density at radius 2 is 1.93 bits per heavy atom. The van der Waals surface area contributed by atoms with E-state index in [4.69, 9.17) is 0 Å². The van der Waals surface area contributed by atoms with Gasteiger partial charge in [0.05, 0.1) is 12.2 Å². The lowest BCUT2D eigenvalue weighted by molar-refractivity contribution is 0.0727. The van der Waals surface area contributed by atoms with Gasteiger partial charge in [-0.2, -0.15) is 4.31 Å². The fourth-order valence-corrected chi connectivity index (χ4v) is 5.09. The molecule has 0 bridgehead atoms. The quantitative estimate of drug-likeness (QED) is 0.744. The smallest absolute Gasteiger partial charge is 0.254 e. The van der Waals surface area contributed by atoms with Crippen molar-refractivity contribution in [3.63, 3.8) is 0 Å². The maximum Gasteiger partial charge on any atom is 0.254 e. The summed E-state index contributed by atoms with van der Waals surface area (Å²) in [7, 11) is -3.94. The minimum Gasteiger partial charge on any atom is -0.330 e. The van der Waals surface area contributed by atoms with Crippen molar-refractivity contribution >= 4 is 15.9 Å². The van der Waals surface area contributed by atoms with Crippen molar-refractivity contribution < 1.29 is 17.6 Å². The average molecular weight is 403 g/mol. The van der Waals surface area contributed by atoms with Crippen molar-refractivity contribution in [2.24, 2.45) is 0 Å². The molecule has 1 amide bonds. The molecular formula is C20H22FN3O3S. The van der Waals surface area contributed by atoms with Crippen molar-refractivity contribution in [3.05, 3.63) is 59.7 Å². The number of benzene rings is 1. The summed E-state index contributed by atoms with van der Waals surface area (Å²) in [5, 5.41) is 0. The van der Waals surface area contributed by atoms with E-state index in [1.165, 1.54) is 16.4 Å². The van der Waals surface area contributed by atoms with Crippen LogP contribution < -0.4 is 0 Å². The minimum absolute atomic E-state index is 0.109. The first-order valence-corrected chi connectivity index (χ1v) is 10.9. The summed E-state index contributed by atoms with van der Waals surface area (Å²) in [5.74, 6) is -1.13. The summed E-state index contributed by atoms with van der Waals surface area (Å²) in [6.45, 7) is 1.11. The van der Waals surface area contributed by atoms with Crippen LogP contribution in [0.15, 0.2) is 47.5 Å². The first-order valence-electron chi connectivity index (χ1n) is 9.47. The molecule has 0 radical (unpaired) electrons. The summed E-state index contributed by atoms with van der Waals surface area (Å²) in [6, 6.07) is 9.23. The van der Waals surface area contributed by atoms with Gasteiger partial charge in [-0.15, -0.1) is 0 Å². The molecule has 1 aliphatic carbocycles. The monoisotopic (exact) mass is 403 g/mol. The number of sulfonamides is 1. The molecule has 0 N–H and O–H groups in total. The summed E-state index contributed by atoms with van der Waals surface area (Å²) >= 11 is 0. The van der Waals surface area contributed by atoms with Crippen molar-refractivity contribution in [1.82, 2.24) is 14.2 Å². The van der Waals surface area contributed by atoms with Gasteiger partial charge < -0.3 is 4.90 Å². The molecular weight excluding hydrogens is 381 g/mol. The number of rotatable bonds is 6. The number of pyridine rings is 1. The van der Waals surface area contributed by atoms with Crippen LogP contribution in [0.3, 0.4) is 0 Å². The topological polar surface area (TPSA) is 70.6 Å². The van der Waals surface area contributed by atoms with E-state index < -0.39 is 20.7 Å². The zero-order valence-corrected chi connectivity index (χ0v) is 16.2. The molecule has 0 spiro atoms. The predicted molar refractivity (Wildman–Crippen MR) is 102 cm³/mol. The molecule has 1 aromatic heterocycles. The van der Waals surface area contributed by atoms with Crippen LogP contribution in [-0.4, -0.2) is 47.6 Å². The number of amides is 1. The Morgan fingerprint density at radius 1 is 1.18 bits per heavy atom. The third-order valence-electron chi connectivity index (χ3n) is 5.17. The second kappa shape index (κ2) is 7.60. The molecule has 1 saturated carbocycles. The maximum absolute atomic E-state index is 14.4. The van der Waals surface area contributed by atoms with Crippen molar-refractivity contribution in [2.75, 3.05) is 13.1 Å². The molecule has 4 rings (SSSR count). The van der Waals surface area contributed by atoms with Gasteiger partial charge in [0.2, 0.25) is 10.0 Å². The van der Waals surface area contributed by atoms with E-state index in [1.807, 2.05) is 18.2 Å². The number of carbonyl (C=O) groups excluding carboxylic acids is 1. The molecule has 2 fully saturated rings. The van der Waals surface area contributed by atoms with Gasteiger partial charge in [0.25, 0.3) is 5.91 Å². The summed E-state index contributed by atoms with van der Waals surface area (Å²) in [4.78, 5) is 18.7. The lowest BCUT2D eigenvalue weighted by Crippen LogP contribution is -2.33. The van der Waals surface area contributed by atoms with Gasteiger partial charge in [0, 0.05) is 30.9 Å². The lowest BCUT2D eigenvalue weighted by Gasteiger charge is -2.23. The molecule has 2 aromatic rings. The molecule has 6 nitrogen and oxygen atoms in total. The lowest BCUT2D eigenvalue weighted by atomic mass is 10.2. The zero-order valence-electron chi connectivity index (χ0n) is 15.4. The van der Waals surface area contributed by atoms with E-state index in [2.05, 4.69) is 4.98 Å². The molecule has 1 aromatic carbocycles. The molecule has 2 heterocycles. The molecule has 1 saturated heterocycles. The Balaban J connectivity index is 1.63. The van der Waals surface area contributed by atoms with Crippen LogP contribution in [-0.2, 0) is 16.6 Å². The average Bonchev–Trinajstić information content (AvgIpc) is 3.38. The van der Waals surface area contributed by atoms with Crippen LogP contribution in [0.1, 0.15) is 41.7 Å². The summed E-state index contributed by atoms with van der Waals surface area (Å²) in [6.07, 6.45) is 5.00. The Morgan fingerprint density at radius 3 is 2.57 bits per heavy atom. The van der Waals surface area contributed by atoms with Crippen LogP contribution in [0, 0.1) is 5.82 Å². The van der Waals surface area contributed by atoms with Gasteiger partial charge in [0.1, 0.15) is 10.7 Å². The van der Waals surface area contributed by atoms with E-state index >= 15 is 0 Å². The molecule has 0 atom stereocenters. The van der Waals surface area contributed by atoms with Crippen LogP contribution >= 0.6 is 0 Å². The van der Waals surface area contributed by atoms with Crippen molar-refractivity contribution in [2.45, 2.75) is 43.2 Å². The summed E-state index contributed by atoms with van der Waals surface area (Å²) < 4.78 is 41.2. The Bertz CT molecular complexity index is 971. The highest BCUT2D eigenvalue weighted by Crippen LogP contribution is 2.31. The van der Waals surface area contributed by atoms with Gasteiger partial charge in [-0.05, 0) is 56.0 Å². The number of carbonyl (C=O) groups is 1. The van der Waals surface area contributed by atoms with Gasteiger partial charge in [-0.1, -0.05) is 6.07 Å². The first kappa shape index (κ1) is 19.0. The molecule has 1 aliphatic heterocycles. The second-order valence-corrected chi connectivity index (χ2v) is 9.15. The van der Waals surface area contributed by atoms with E-state index in [1.54, 1.807) is 11.1 Å². The predicted octanol–water partition coefficient (Wildman–Crippen LogP) is 2.81. The highest BCUT2D eigenvalue weighted by Gasteiger charge is 2.35. The van der Waals surface area contributed by atoms with Gasteiger partial charge >= 0.3 is 0 Å². The largest absolute Gasteiger partial charge is 0.330 e. The van der Waals surface area contributed by atoms with Gasteiger partial charge in [-0.25, -0.2) is 12.8 Å². The number of hydrogen-bond acceptors (Lipinski definition) is 4. The number of aromatic nitrogens is 1. The fourth-order valence-electron chi connectivity index (χ4n) is 3.49. The highest BCUT2D eigenvalue weighted by molar-refractivity contribution is 7.89. The van der Waals surface area contributed by atoms with E-state index in [9.17, 15) is 17.6 Å².